The van der Waals surface area contributed by atoms with Gasteiger partial charge in [0.1, 0.15) is 0 Å². The van der Waals surface area contributed by atoms with Gasteiger partial charge < -0.3 is 10.4 Å². The van der Waals surface area contributed by atoms with E-state index >= 15 is 0 Å². The Bertz CT molecular complexity index is 1060. The molecule has 1 aliphatic heterocycles. The van der Waals surface area contributed by atoms with Crippen molar-refractivity contribution in [3.63, 3.8) is 0 Å². The Kier molecular flexibility index (Phi) is 3.95. The van der Waals surface area contributed by atoms with Crippen molar-refractivity contribution in [1.29, 1.82) is 0 Å². The number of amides is 2. The zero-order valence-electron chi connectivity index (χ0n) is 17.9. The fourth-order valence-corrected chi connectivity index (χ4v) is 7.24. The van der Waals surface area contributed by atoms with E-state index in [-0.39, 0.29) is 23.9 Å². The van der Waals surface area contributed by atoms with Crippen molar-refractivity contribution in [3.8, 4) is 0 Å². The molecule has 5 heteroatoms. The Morgan fingerprint density at radius 3 is 2.26 bits per heavy atom. The van der Waals surface area contributed by atoms with E-state index in [1.165, 1.54) is 16.9 Å². The highest BCUT2D eigenvalue weighted by Gasteiger charge is 2.57. The minimum Gasteiger partial charge on any atom is -0.390 e. The summed E-state index contributed by atoms with van der Waals surface area (Å²) in [6, 6.07) is 13.5. The molecule has 4 bridgehead atoms. The molecule has 0 aromatic heterocycles. The fourth-order valence-electron chi connectivity index (χ4n) is 7.24. The van der Waals surface area contributed by atoms with E-state index in [9.17, 15) is 14.7 Å². The predicted molar refractivity (Wildman–Crippen MR) is 118 cm³/mol. The Balaban J connectivity index is 1.26. The third-order valence-corrected chi connectivity index (χ3v) is 8.19. The number of aliphatic hydroxyl groups is 1. The first-order valence-corrected chi connectivity index (χ1v) is 11.4. The van der Waals surface area contributed by atoms with Crippen LogP contribution in [0.5, 0.6) is 0 Å². The fraction of sp³-hybridized carbons (Fsp3) is 0.462. The summed E-state index contributed by atoms with van der Waals surface area (Å²) in [7, 11) is 0. The lowest BCUT2D eigenvalue weighted by Gasteiger charge is -2.60. The van der Waals surface area contributed by atoms with E-state index in [1.807, 2.05) is 6.92 Å². The molecule has 5 nitrogen and oxygen atoms in total. The lowest BCUT2D eigenvalue weighted by Crippen LogP contribution is -2.57. The molecule has 2 atom stereocenters. The van der Waals surface area contributed by atoms with Crippen LogP contribution in [0.25, 0.3) is 0 Å². The molecule has 4 fully saturated rings. The molecule has 2 N–H and O–H groups in total. The van der Waals surface area contributed by atoms with Gasteiger partial charge in [-0.1, -0.05) is 24.3 Å². The topological polar surface area (TPSA) is 69.6 Å². The molecule has 5 aliphatic rings. The molecule has 4 aliphatic carbocycles. The summed E-state index contributed by atoms with van der Waals surface area (Å²) in [6.45, 7) is 2.19. The molecule has 2 aromatic rings. The lowest BCUT2D eigenvalue weighted by atomic mass is 9.46. The van der Waals surface area contributed by atoms with Crippen LogP contribution in [0.2, 0.25) is 0 Å². The Hall–Kier alpha value is -2.66. The van der Waals surface area contributed by atoms with Crippen molar-refractivity contribution in [2.24, 2.45) is 11.8 Å². The average molecular weight is 417 g/mol. The number of carbonyl (C=O) groups excluding carboxylic acids is 2. The van der Waals surface area contributed by atoms with Crippen LogP contribution in [0, 0.1) is 18.8 Å². The minimum absolute atomic E-state index is 0.0541. The number of rotatable bonds is 4. The summed E-state index contributed by atoms with van der Waals surface area (Å²) >= 11 is 0. The molecule has 2 amide bonds. The first kappa shape index (κ1) is 19.1. The molecule has 1 heterocycles. The third kappa shape index (κ3) is 2.86. The normalized spacial score (nSPS) is 33.2. The van der Waals surface area contributed by atoms with E-state index in [4.69, 9.17) is 0 Å². The van der Waals surface area contributed by atoms with E-state index in [0.717, 1.165) is 43.4 Å². The summed E-state index contributed by atoms with van der Waals surface area (Å²) in [5, 5.41) is 14.5. The Labute approximate surface area is 182 Å². The zero-order valence-corrected chi connectivity index (χ0v) is 17.9. The number of nitrogens with zero attached hydrogens (tertiary/aromatic N) is 1. The molecule has 7 rings (SSSR count). The van der Waals surface area contributed by atoms with Crippen LogP contribution in [0.4, 0.5) is 5.69 Å². The molecule has 2 unspecified atom stereocenters. The maximum absolute atomic E-state index is 12.7. The number of benzene rings is 2. The van der Waals surface area contributed by atoms with E-state index in [1.54, 1.807) is 24.3 Å². The molecule has 2 aromatic carbocycles. The predicted octanol–water partition coefficient (Wildman–Crippen LogP) is 4.24. The number of hydrogen-bond acceptors (Lipinski definition) is 4. The second kappa shape index (κ2) is 6.42. The van der Waals surface area contributed by atoms with Crippen molar-refractivity contribution in [1.82, 2.24) is 4.90 Å². The number of aryl methyl sites for hydroxylation is 1. The number of imide groups is 1. The second-order valence-corrected chi connectivity index (χ2v) is 10.4. The highest BCUT2D eigenvalue weighted by atomic mass is 16.3. The smallest absolute Gasteiger partial charge is 0.263 e. The largest absolute Gasteiger partial charge is 0.390 e. The third-order valence-electron chi connectivity index (χ3n) is 8.19. The maximum Gasteiger partial charge on any atom is 0.263 e. The summed E-state index contributed by atoms with van der Waals surface area (Å²) in [5.41, 5.74) is 3.83. The molecular formula is C26H28N2O3. The van der Waals surface area contributed by atoms with Gasteiger partial charge in [0.15, 0.2) is 0 Å². The number of hydrogen-bond donors (Lipinski definition) is 2. The summed E-state index contributed by atoms with van der Waals surface area (Å²) in [4.78, 5) is 26.6. The lowest BCUT2D eigenvalue weighted by molar-refractivity contribution is -0.136. The number of fused-ring (bicyclic) bond motifs is 1. The van der Waals surface area contributed by atoms with Gasteiger partial charge in [0.05, 0.1) is 23.4 Å². The minimum atomic E-state index is -0.497. The van der Waals surface area contributed by atoms with E-state index in [2.05, 4.69) is 23.5 Å². The van der Waals surface area contributed by atoms with Crippen LogP contribution in [-0.2, 0) is 5.41 Å². The highest BCUT2D eigenvalue weighted by Crippen LogP contribution is 2.62. The van der Waals surface area contributed by atoms with Crippen molar-refractivity contribution in [2.75, 3.05) is 12.0 Å². The van der Waals surface area contributed by atoms with Gasteiger partial charge in [0.2, 0.25) is 0 Å². The molecular weight excluding hydrogens is 388 g/mol. The maximum atomic E-state index is 12.7. The van der Waals surface area contributed by atoms with Crippen molar-refractivity contribution < 1.29 is 14.7 Å². The first-order chi connectivity index (χ1) is 14.9. The Morgan fingerprint density at radius 2 is 1.65 bits per heavy atom. The van der Waals surface area contributed by atoms with Crippen LogP contribution >= 0.6 is 0 Å². The summed E-state index contributed by atoms with van der Waals surface area (Å²) < 4.78 is 0. The summed E-state index contributed by atoms with van der Waals surface area (Å²) in [6.07, 6.45) is 6.36. The standard InChI is InChI=1S/C26H28N2O3/c1-16-6-7-19(25-10-17-8-18(11-25)13-26(31,12-17)14-25)9-22(16)27-15-28-23(29)20-4-2-3-5-21(20)24(28)30/h2-7,9,17-18,27,31H,8,10-15H2,1H3. The van der Waals surface area contributed by atoms with Gasteiger partial charge in [-0.3, -0.25) is 14.5 Å². The number of anilines is 1. The quantitative estimate of drug-likeness (QED) is 0.732. The SMILES string of the molecule is Cc1ccc(C23CC4CC(CC(O)(C4)C2)C3)cc1NCN1C(=O)c2ccccc2C1=O. The van der Waals surface area contributed by atoms with E-state index in [0.29, 0.717) is 23.0 Å². The van der Waals surface area contributed by atoms with Crippen LogP contribution in [0.15, 0.2) is 42.5 Å². The average Bonchev–Trinajstić information content (AvgIpc) is 2.96. The van der Waals surface area contributed by atoms with Crippen LogP contribution in [0.3, 0.4) is 0 Å². The van der Waals surface area contributed by atoms with Crippen molar-refractivity contribution in [2.45, 2.75) is 56.5 Å². The second-order valence-electron chi connectivity index (χ2n) is 10.4. The van der Waals surface area contributed by atoms with Gasteiger partial charge in [0, 0.05) is 5.69 Å². The van der Waals surface area contributed by atoms with Gasteiger partial charge in [0.25, 0.3) is 11.8 Å². The zero-order chi connectivity index (χ0) is 21.4. The van der Waals surface area contributed by atoms with Gasteiger partial charge >= 0.3 is 0 Å². The number of nitrogens with one attached hydrogen (secondary N) is 1. The van der Waals surface area contributed by atoms with Gasteiger partial charge in [-0.25, -0.2) is 0 Å². The Morgan fingerprint density at radius 1 is 1.00 bits per heavy atom. The van der Waals surface area contributed by atoms with Crippen LogP contribution < -0.4 is 5.32 Å². The molecule has 0 saturated heterocycles. The van der Waals surface area contributed by atoms with Gasteiger partial charge in [-0.2, -0.15) is 0 Å². The van der Waals surface area contributed by atoms with Gasteiger partial charge in [-0.05, 0) is 92.0 Å². The van der Waals surface area contributed by atoms with Crippen LogP contribution in [-0.4, -0.2) is 34.1 Å². The molecule has 0 spiro atoms. The summed E-state index contributed by atoms with van der Waals surface area (Å²) in [5.74, 6) is 0.764. The van der Waals surface area contributed by atoms with Crippen molar-refractivity contribution >= 4 is 17.5 Å². The van der Waals surface area contributed by atoms with Crippen molar-refractivity contribution in [3.05, 3.63) is 64.7 Å². The monoisotopic (exact) mass is 416 g/mol. The molecule has 4 saturated carbocycles. The molecule has 160 valence electrons. The molecule has 0 radical (unpaired) electrons. The number of carbonyl (C=O) groups is 2. The first-order valence-electron chi connectivity index (χ1n) is 11.4. The van der Waals surface area contributed by atoms with E-state index < -0.39 is 5.60 Å². The van der Waals surface area contributed by atoms with Gasteiger partial charge in [-0.15, -0.1) is 0 Å². The highest BCUT2D eigenvalue weighted by molar-refractivity contribution is 6.21. The molecule has 31 heavy (non-hydrogen) atoms. The van der Waals surface area contributed by atoms with Crippen LogP contribution in [0.1, 0.15) is 70.4 Å².